The predicted molar refractivity (Wildman–Crippen MR) is 129 cm³/mol. The van der Waals surface area contributed by atoms with Crippen LogP contribution in [0.1, 0.15) is 22.0 Å². The molecule has 0 radical (unpaired) electrons. The van der Waals surface area contributed by atoms with Gasteiger partial charge < -0.3 is 31.0 Å². The lowest BCUT2D eigenvalue weighted by Gasteiger charge is -2.49. The summed E-state index contributed by atoms with van der Waals surface area (Å²) in [7, 11) is 0. The van der Waals surface area contributed by atoms with Crippen molar-refractivity contribution < 1.29 is 43.0 Å². The third kappa shape index (κ3) is 4.90. The molecule has 38 heavy (non-hydrogen) atoms. The number of nitrogens with two attached hydrogens (primary N) is 2. The van der Waals surface area contributed by atoms with E-state index in [1.807, 2.05) is 0 Å². The summed E-state index contributed by atoms with van der Waals surface area (Å²) in [5.74, 6) is -3.90. The zero-order chi connectivity index (χ0) is 27.6. The van der Waals surface area contributed by atoms with E-state index in [9.17, 15) is 33.9 Å². The van der Waals surface area contributed by atoms with Gasteiger partial charge in [-0.05, 0) is 11.6 Å². The average Bonchev–Trinajstić information content (AvgIpc) is 3.43. The van der Waals surface area contributed by atoms with E-state index in [2.05, 4.69) is 10.1 Å². The molecule has 1 unspecified atom stereocenters. The number of nitrogens with zero attached hydrogens (tertiary/aromatic N) is 2. The number of nitrogens with one attached hydrogen (secondary N) is 1. The summed E-state index contributed by atoms with van der Waals surface area (Å²) >= 11 is 1.13. The van der Waals surface area contributed by atoms with Gasteiger partial charge in [-0.15, -0.1) is 11.8 Å². The number of amides is 6. The molecule has 1 saturated heterocycles. The number of primary amides is 2. The third-order valence-electron chi connectivity index (χ3n) is 5.78. The second-order valence-electron chi connectivity index (χ2n) is 8.10. The Balaban J connectivity index is 1.61. The first-order valence-corrected chi connectivity index (χ1v) is 12.0. The van der Waals surface area contributed by atoms with Gasteiger partial charge in [-0.2, -0.15) is 0 Å². The Kier molecular flexibility index (Phi) is 7.38. The number of carboxylic acid groups (broad SMARTS) is 1. The van der Waals surface area contributed by atoms with E-state index in [-0.39, 0.29) is 28.1 Å². The van der Waals surface area contributed by atoms with E-state index in [4.69, 9.17) is 15.9 Å². The first-order valence-electron chi connectivity index (χ1n) is 10.9. The van der Waals surface area contributed by atoms with Crippen LogP contribution in [0.3, 0.4) is 0 Å². The molecule has 2 aliphatic heterocycles. The Bertz CT molecular complexity index is 1330. The van der Waals surface area contributed by atoms with Gasteiger partial charge in [-0.3, -0.25) is 19.3 Å². The van der Waals surface area contributed by atoms with Crippen LogP contribution < -0.4 is 16.8 Å². The topological polar surface area (TPSA) is 216 Å². The van der Waals surface area contributed by atoms with Crippen molar-refractivity contribution in [1.29, 1.82) is 0 Å². The molecule has 15 heteroatoms. The number of ether oxygens (including phenoxy) is 1. The second-order valence-corrected chi connectivity index (χ2v) is 9.20. The highest BCUT2D eigenvalue weighted by Gasteiger charge is 2.55. The van der Waals surface area contributed by atoms with Crippen molar-refractivity contribution in [3.8, 4) is 0 Å². The lowest BCUT2D eigenvalue weighted by Crippen LogP contribution is -2.71. The molecule has 0 bridgehead atoms. The minimum atomic E-state index is -1.56. The van der Waals surface area contributed by atoms with Crippen LogP contribution >= 0.6 is 11.8 Å². The molecule has 1 aromatic carbocycles. The first-order chi connectivity index (χ1) is 18.1. The van der Waals surface area contributed by atoms with Crippen molar-refractivity contribution >= 4 is 47.6 Å². The van der Waals surface area contributed by atoms with Crippen LogP contribution in [0.25, 0.3) is 0 Å². The van der Waals surface area contributed by atoms with Crippen molar-refractivity contribution in [2.24, 2.45) is 11.5 Å². The van der Waals surface area contributed by atoms with Crippen LogP contribution in [-0.2, 0) is 19.1 Å². The van der Waals surface area contributed by atoms with E-state index in [0.29, 0.717) is 4.90 Å². The molecule has 6 N–H and O–H groups in total. The summed E-state index contributed by atoms with van der Waals surface area (Å²) < 4.78 is 9.59. The van der Waals surface area contributed by atoms with Gasteiger partial charge in [0.25, 0.3) is 11.8 Å². The van der Waals surface area contributed by atoms with Crippen LogP contribution in [0.5, 0.6) is 0 Å². The number of fused-ring (bicyclic) bond motifs is 1. The number of carboxylic acids is 1. The Hall–Kier alpha value is -4.79. The van der Waals surface area contributed by atoms with Crippen molar-refractivity contribution in [2.75, 3.05) is 12.4 Å². The molecule has 3 atom stereocenters. The van der Waals surface area contributed by atoms with Crippen LogP contribution in [-0.4, -0.2) is 74.5 Å². The van der Waals surface area contributed by atoms with E-state index in [0.717, 1.165) is 22.9 Å². The Morgan fingerprint density at radius 3 is 2.47 bits per heavy atom. The van der Waals surface area contributed by atoms with E-state index < -0.39 is 59.9 Å². The number of β-lactam (4-membered cyclic amide) rings is 1. The van der Waals surface area contributed by atoms with Crippen molar-refractivity contribution in [3.05, 3.63) is 71.3 Å². The zero-order valence-corrected chi connectivity index (χ0v) is 20.3. The van der Waals surface area contributed by atoms with Gasteiger partial charge in [-0.25, -0.2) is 19.3 Å². The number of thioether (sulfide) groups is 1. The largest absolute Gasteiger partial charge is 0.477 e. The zero-order valence-electron chi connectivity index (χ0n) is 19.4. The van der Waals surface area contributed by atoms with Gasteiger partial charge in [0.1, 0.15) is 36.0 Å². The van der Waals surface area contributed by atoms with Gasteiger partial charge in [0, 0.05) is 11.3 Å². The maximum Gasteiger partial charge on any atom is 0.404 e. The quantitative estimate of drug-likeness (QED) is 0.336. The van der Waals surface area contributed by atoms with Gasteiger partial charge >= 0.3 is 18.1 Å². The SMILES string of the molecule is NC(=O)OCC1=C(C(=O)O)N2C(=O)[C@H](NC(=O)C(c3ccccc3)N(C(N)=O)C(=O)c3ccoc3)[C@@H]2SC1. The molecule has 2 aliphatic rings. The van der Waals surface area contributed by atoms with Crippen molar-refractivity contribution in [2.45, 2.75) is 17.5 Å². The summed E-state index contributed by atoms with van der Waals surface area (Å²) in [5.41, 5.74) is 10.4. The molecular weight excluding hydrogens is 522 g/mol. The lowest BCUT2D eigenvalue weighted by atomic mass is 10.00. The van der Waals surface area contributed by atoms with E-state index in [1.54, 1.807) is 18.2 Å². The number of hydrogen-bond acceptors (Lipinski definition) is 9. The highest BCUT2D eigenvalue weighted by Crippen LogP contribution is 2.40. The molecule has 1 fully saturated rings. The number of rotatable bonds is 8. The van der Waals surface area contributed by atoms with Gasteiger partial charge in [0.05, 0.1) is 11.8 Å². The molecule has 14 nitrogen and oxygen atoms in total. The number of carbonyl (C=O) groups excluding carboxylic acids is 5. The Labute approximate surface area is 218 Å². The highest BCUT2D eigenvalue weighted by molar-refractivity contribution is 8.00. The Morgan fingerprint density at radius 1 is 1.18 bits per heavy atom. The van der Waals surface area contributed by atoms with Crippen LogP contribution in [0.15, 0.2) is 64.6 Å². The molecular formula is C23H21N5O9S. The number of aliphatic carboxylic acids is 1. The van der Waals surface area contributed by atoms with Gasteiger partial charge in [-0.1, -0.05) is 30.3 Å². The summed E-state index contributed by atoms with van der Waals surface area (Å²) in [6.45, 7) is -0.419. The number of carbonyl (C=O) groups is 6. The summed E-state index contributed by atoms with van der Waals surface area (Å²) in [6, 6.07) is 5.19. The third-order valence-corrected chi connectivity index (χ3v) is 7.12. The van der Waals surface area contributed by atoms with Crippen LogP contribution in [0, 0.1) is 0 Å². The molecule has 4 rings (SSSR count). The molecule has 1 aromatic heterocycles. The van der Waals surface area contributed by atoms with Crippen molar-refractivity contribution in [1.82, 2.24) is 15.1 Å². The molecule has 0 spiro atoms. The van der Waals surface area contributed by atoms with E-state index >= 15 is 0 Å². The number of benzene rings is 1. The summed E-state index contributed by atoms with van der Waals surface area (Å²) in [5, 5.41) is 11.4. The minimum Gasteiger partial charge on any atom is -0.477 e. The number of furan rings is 1. The number of imide groups is 1. The molecule has 6 amide bonds. The van der Waals surface area contributed by atoms with E-state index in [1.165, 1.54) is 24.5 Å². The Morgan fingerprint density at radius 2 is 1.89 bits per heavy atom. The predicted octanol–water partition coefficient (Wildman–Crippen LogP) is 0.376. The maximum atomic E-state index is 13.5. The summed E-state index contributed by atoms with van der Waals surface area (Å²) in [4.78, 5) is 76.4. The van der Waals surface area contributed by atoms with Crippen LogP contribution in [0.2, 0.25) is 0 Å². The molecule has 198 valence electrons. The van der Waals surface area contributed by atoms with Gasteiger partial charge in [0.2, 0.25) is 5.91 Å². The normalized spacial score (nSPS) is 19.1. The van der Waals surface area contributed by atoms with Crippen molar-refractivity contribution in [3.63, 3.8) is 0 Å². The molecule has 0 aliphatic carbocycles. The fourth-order valence-electron chi connectivity index (χ4n) is 4.11. The number of hydrogen-bond donors (Lipinski definition) is 4. The molecule has 2 aromatic rings. The summed E-state index contributed by atoms with van der Waals surface area (Å²) in [6.07, 6.45) is 1.19. The first kappa shape index (κ1) is 26.3. The highest BCUT2D eigenvalue weighted by atomic mass is 32.2. The standard InChI is InChI=1S/C23H21N5O9S/c24-22(34)28(18(30)12-6-7-36-8-12)15(11-4-2-1-3-5-11)17(29)26-14-19(31)27-16(21(32)33)13(9-37-23(25)35)10-38-20(14)27/h1-8,14-15,20H,9-10H2,(H2,24,34)(H2,25,35)(H,26,29)(H,32,33)/t14-,15?,20-/m0/s1. The monoisotopic (exact) mass is 543 g/mol. The average molecular weight is 544 g/mol. The molecule has 3 heterocycles. The number of urea groups is 1. The lowest BCUT2D eigenvalue weighted by molar-refractivity contribution is -0.151. The fourth-order valence-corrected chi connectivity index (χ4v) is 5.43. The smallest absolute Gasteiger partial charge is 0.404 e. The van der Waals surface area contributed by atoms with Gasteiger partial charge in [0.15, 0.2) is 0 Å². The minimum absolute atomic E-state index is 0.0341. The fraction of sp³-hybridized carbons (Fsp3) is 0.217. The molecule has 0 saturated carbocycles. The van der Waals surface area contributed by atoms with Crippen LogP contribution in [0.4, 0.5) is 9.59 Å². The maximum absolute atomic E-state index is 13.5. The second kappa shape index (κ2) is 10.7.